The maximum Gasteiger partial charge on any atom is 0.0991 e. The molecule has 276 valence electrons. The third kappa shape index (κ3) is 5.89. The number of hydrogen-bond donors (Lipinski definition) is 2. The average molecular weight is 755 g/mol. The van der Waals surface area contributed by atoms with Crippen LogP contribution in [0.25, 0.3) is 91.9 Å². The summed E-state index contributed by atoms with van der Waals surface area (Å²) in [5.41, 5.74) is 18.8. The van der Waals surface area contributed by atoms with Crippen LogP contribution in [0.4, 0.5) is 17.1 Å². The number of aromatic nitrogens is 4. The number of para-hydroxylation sites is 2. The second kappa shape index (κ2) is 14.0. The van der Waals surface area contributed by atoms with Gasteiger partial charge >= 0.3 is 0 Å². The van der Waals surface area contributed by atoms with Crippen LogP contribution < -0.4 is 4.90 Å². The Bertz CT molecular complexity index is 3180. The molecule has 3 aliphatic heterocycles. The Balaban J connectivity index is 1.32. The standard InChI is InChI=1S/C53H34N6/c54-33-34-19-21-39(22-20-34)52-42-27-25-40(55-42)50(37-13-3-1-4-14-37)44-29-31-46(57-44)53(59-48-17-9-7-11-35(48)23-24-36-12-8-10-18-49(36)59)47-32-30-45(58-47)51(38-15-5-2-6-16-38)41-26-28-43(52)56-41/h1-32,55,58H. The summed E-state index contributed by atoms with van der Waals surface area (Å²) in [7, 11) is 0. The highest BCUT2D eigenvalue weighted by Gasteiger charge is 2.25. The van der Waals surface area contributed by atoms with Crippen LogP contribution >= 0.6 is 0 Å². The fraction of sp³-hybridized carbons (Fsp3) is 0. The Morgan fingerprint density at radius 2 is 0.797 bits per heavy atom. The van der Waals surface area contributed by atoms with Gasteiger partial charge in [-0.1, -0.05) is 121 Å². The first-order chi connectivity index (χ1) is 29.2. The van der Waals surface area contributed by atoms with E-state index in [-0.39, 0.29) is 0 Å². The van der Waals surface area contributed by atoms with Gasteiger partial charge in [0, 0.05) is 33.2 Å². The first-order valence-electron chi connectivity index (χ1n) is 19.6. The summed E-state index contributed by atoms with van der Waals surface area (Å²) in [6.45, 7) is 0. The lowest BCUT2D eigenvalue weighted by Crippen LogP contribution is -2.13. The van der Waals surface area contributed by atoms with Gasteiger partial charge in [0.1, 0.15) is 0 Å². The van der Waals surface area contributed by atoms with Gasteiger partial charge in [-0.2, -0.15) is 5.26 Å². The van der Waals surface area contributed by atoms with Crippen molar-refractivity contribution >= 4 is 75.6 Å². The molecule has 0 saturated heterocycles. The van der Waals surface area contributed by atoms with Crippen LogP contribution in [-0.4, -0.2) is 19.9 Å². The number of nitriles is 1. The second-order valence-corrected chi connectivity index (χ2v) is 14.7. The molecular weight excluding hydrogens is 721 g/mol. The lowest BCUT2D eigenvalue weighted by molar-refractivity contribution is 1.23. The number of anilines is 3. The summed E-state index contributed by atoms with van der Waals surface area (Å²) in [5.74, 6) is 0. The summed E-state index contributed by atoms with van der Waals surface area (Å²) in [6, 6.07) is 56.5. The van der Waals surface area contributed by atoms with Crippen LogP contribution in [0.15, 0.2) is 158 Å². The highest BCUT2D eigenvalue weighted by atomic mass is 15.2. The van der Waals surface area contributed by atoms with Gasteiger partial charge in [0.25, 0.3) is 0 Å². The van der Waals surface area contributed by atoms with Crippen molar-refractivity contribution in [3.8, 4) is 39.4 Å². The zero-order chi connectivity index (χ0) is 39.3. The predicted molar refractivity (Wildman–Crippen MR) is 243 cm³/mol. The van der Waals surface area contributed by atoms with Crippen LogP contribution in [0.3, 0.4) is 0 Å². The van der Waals surface area contributed by atoms with Gasteiger partial charge in [0.2, 0.25) is 0 Å². The molecule has 2 N–H and O–H groups in total. The fourth-order valence-corrected chi connectivity index (χ4v) is 8.47. The van der Waals surface area contributed by atoms with Crippen LogP contribution in [0.2, 0.25) is 0 Å². The number of nitrogens with one attached hydrogen (secondary N) is 2. The lowest BCUT2D eigenvalue weighted by atomic mass is 10.0. The van der Waals surface area contributed by atoms with Gasteiger partial charge in [0.15, 0.2) is 0 Å². The predicted octanol–water partition coefficient (Wildman–Crippen LogP) is 13.5. The van der Waals surface area contributed by atoms with E-state index in [1.165, 1.54) is 0 Å². The molecule has 8 aromatic rings. The first-order valence-corrected chi connectivity index (χ1v) is 19.6. The number of aromatic amines is 2. The lowest BCUT2D eigenvalue weighted by Gasteiger charge is -2.27. The minimum Gasteiger partial charge on any atom is -0.354 e. The molecule has 0 spiro atoms. The van der Waals surface area contributed by atoms with E-state index in [4.69, 9.17) is 9.97 Å². The van der Waals surface area contributed by atoms with Crippen molar-refractivity contribution in [3.63, 3.8) is 0 Å². The van der Waals surface area contributed by atoms with E-state index in [1.807, 2.05) is 36.4 Å². The van der Waals surface area contributed by atoms with Crippen LogP contribution in [0, 0.1) is 11.3 Å². The van der Waals surface area contributed by atoms with Gasteiger partial charge < -0.3 is 14.9 Å². The molecule has 0 amide bonds. The Labute approximate surface area is 341 Å². The molecule has 11 rings (SSSR count). The van der Waals surface area contributed by atoms with Crippen molar-refractivity contribution in [3.05, 3.63) is 197 Å². The van der Waals surface area contributed by atoms with E-state index in [9.17, 15) is 5.26 Å². The Kier molecular flexibility index (Phi) is 8.09. The van der Waals surface area contributed by atoms with Gasteiger partial charge in [-0.25, -0.2) is 9.97 Å². The van der Waals surface area contributed by atoms with Crippen molar-refractivity contribution in [2.24, 2.45) is 0 Å². The Morgan fingerprint density at radius 1 is 0.390 bits per heavy atom. The minimum atomic E-state index is 0.602. The summed E-state index contributed by atoms with van der Waals surface area (Å²) >= 11 is 0. The average Bonchev–Trinajstić information content (AvgIpc) is 4.13. The molecule has 8 bridgehead atoms. The van der Waals surface area contributed by atoms with E-state index in [1.54, 1.807) is 0 Å². The maximum atomic E-state index is 9.64. The van der Waals surface area contributed by atoms with Gasteiger partial charge in [0.05, 0.1) is 57.0 Å². The molecule has 6 heteroatoms. The zero-order valence-electron chi connectivity index (χ0n) is 31.8. The number of benzene rings is 5. The first kappa shape index (κ1) is 34.0. The van der Waals surface area contributed by atoms with E-state index < -0.39 is 0 Å². The molecule has 0 fully saturated rings. The van der Waals surface area contributed by atoms with Gasteiger partial charge in [-0.3, -0.25) is 0 Å². The van der Waals surface area contributed by atoms with Crippen LogP contribution in [-0.2, 0) is 0 Å². The zero-order valence-corrected chi connectivity index (χ0v) is 31.8. The van der Waals surface area contributed by atoms with E-state index >= 15 is 0 Å². The van der Waals surface area contributed by atoms with Crippen LogP contribution in [0.5, 0.6) is 0 Å². The van der Waals surface area contributed by atoms with E-state index in [0.717, 1.165) is 106 Å². The Hall–Kier alpha value is -8.27. The third-order valence-corrected chi connectivity index (χ3v) is 11.2. The smallest absolute Gasteiger partial charge is 0.0991 e. The molecule has 0 atom stereocenters. The summed E-state index contributed by atoms with van der Waals surface area (Å²) in [4.78, 5) is 21.0. The van der Waals surface area contributed by atoms with Crippen LogP contribution in [0.1, 0.15) is 39.5 Å². The normalized spacial score (nSPS) is 12.5. The molecule has 0 aliphatic carbocycles. The molecule has 59 heavy (non-hydrogen) atoms. The van der Waals surface area contributed by atoms with Gasteiger partial charge in [-0.15, -0.1) is 0 Å². The highest BCUT2D eigenvalue weighted by molar-refractivity contribution is 6.03. The number of H-pyrrole nitrogens is 2. The maximum absolute atomic E-state index is 9.64. The molecule has 6 nitrogen and oxygen atoms in total. The molecule has 0 unspecified atom stereocenters. The molecule has 5 aromatic carbocycles. The molecule has 3 aromatic heterocycles. The van der Waals surface area contributed by atoms with Gasteiger partial charge in [-0.05, 0) is 101 Å². The highest BCUT2D eigenvalue weighted by Crippen LogP contribution is 2.46. The van der Waals surface area contributed by atoms with Crippen molar-refractivity contribution in [2.75, 3.05) is 4.90 Å². The van der Waals surface area contributed by atoms with Crippen molar-refractivity contribution in [1.29, 1.82) is 5.26 Å². The number of rotatable bonds is 4. The Morgan fingerprint density at radius 3 is 1.31 bits per heavy atom. The summed E-state index contributed by atoms with van der Waals surface area (Å²) in [6.07, 6.45) is 12.9. The monoisotopic (exact) mass is 754 g/mol. The number of nitrogens with zero attached hydrogens (tertiary/aromatic N) is 4. The molecule has 6 heterocycles. The minimum absolute atomic E-state index is 0.602. The fourth-order valence-electron chi connectivity index (χ4n) is 8.47. The SMILES string of the molecule is N#Cc1ccc(-c2c3nc(c(-c4ccccc4)c4ccc([nH]4)c(N4c5ccccc5C=Cc5ccccc54)c4nc(c(-c5ccccc5)c5ccc2[nH]5)C=C4)C=C3)cc1. The van der Waals surface area contributed by atoms with E-state index in [2.05, 4.69) is 179 Å². The molecule has 0 saturated carbocycles. The summed E-state index contributed by atoms with van der Waals surface area (Å²) in [5, 5.41) is 9.64. The quantitative estimate of drug-likeness (QED) is 0.187. The van der Waals surface area contributed by atoms with Crippen molar-refractivity contribution in [2.45, 2.75) is 0 Å². The molecule has 3 aliphatic rings. The van der Waals surface area contributed by atoms with Crippen molar-refractivity contribution < 1.29 is 0 Å². The second-order valence-electron chi connectivity index (χ2n) is 14.7. The molecule has 0 radical (unpaired) electrons. The van der Waals surface area contributed by atoms with E-state index in [0.29, 0.717) is 5.56 Å². The summed E-state index contributed by atoms with van der Waals surface area (Å²) < 4.78 is 0. The number of hydrogen-bond acceptors (Lipinski definition) is 4. The molecular formula is C53H34N6. The third-order valence-electron chi connectivity index (χ3n) is 11.2. The van der Waals surface area contributed by atoms with Crippen molar-refractivity contribution in [1.82, 2.24) is 19.9 Å². The largest absolute Gasteiger partial charge is 0.354 e. The number of fused-ring (bicyclic) bond motifs is 10. The topological polar surface area (TPSA) is 84.4 Å².